The van der Waals surface area contributed by atoms with Crippen LogP contribution in [0.2, 0.25) is 10.0 Å². The minimum Gasteiger partial charge on any atom is -0.493 e. The van der Waals surface area contributed by atoms with Crippen LogP contribution in [0.25, 0.3) is 0 Å². The number of rotatable bonds is 8. The van der Waals surface area contributed by atoms with Gasteiger partial charge in [0.05, 0.1) is 24.0 Å². The molecule has 0 saturated carbocycles. The lowest BCUT2D eigenvalue weighted by Crippen LogP contribution is -2.54. The minimum atomic E-state index is -3.08. The van der Waals surface area contributed by atoms with E-state index >= 15 is 0 Å². The smallest absolute Gasteiger partial charge is 0.326 e. The second-order valence-corrected chi connectivity index (χ2v) is 16.1. The summed E-state index contributed by atoms with van der Waals surface area (Å²) < 4.78 is 29.7. The maximum absolute atomic E-state index is 14.8. The van der Waals surface area contributed by atoms with Crippen molar-refractivity contribution in [2.45, 2.75) is 45.2 Å². The van der Waals surface area contributed by atoms with Gasteiger partial charge in [-0.2, -0.15) is 0 Å². The van der Waals surface area contributed by atoms with Crippen LogP contribution in [0.5, 0.6) is 5.75 Å². The lowest BCUT2D eigenvalue weighted by Gasteiger charge is -2.39. The predicted octanol–water partition coefficient (Wildman–Crippen LogP) is 7.02. The quantitative estimate of drug-likeness (QED) is 0.255. The van der Waals surface area contributed by atoms with E-state index in [2.05, 4.69) is 37.8 Å². The number of piperazine rings is 1. The molecule has 0 aliphatic carbocycles. The molecule has 0 spiro atoms. The van der Waals surface area contributed by atoms with E-state index < -0.39 is 21.9 Å². The molecule has 46 heavy (non-hydrogen) atoms. The van der Waals surface area contributed by atoms with Gasteiger partial charge in [0, 0.05) is 49.0 Å². The van der Waals surface area contributed by atoms with E-state index in [1.807, 2.05) is 71.3 Å². The topological polar surface area (TPSA) is 82.5 Å². The van der Waals surface area contributed by atoms with Crippen LogP contribution < -0.4 is 4.74 Å². The largest absolute Gasteiger partial charge is 0.493 e. The van der Waals surface area contributed by atoms with Crippen LogP contribution in [-0.2, 0) is 15.3 Å². The van der Waals surface area contributed by atoms with Crippen molar-refractivity contribution < 1.29 is 17.9 Å². The molecular weight excluding hydrogens is 643 g/mol. The first-order valence-corrected chi connectivity index (χ1v) is 18.4. The summed E-state index contributed by atoms with van der Waals surface area (Å²) in [5, 5.41) is 1.22. The van der Waals surface area contributed by atoms with Crippen molar-refractivity contribution in [3.63, 3.8) is 0 Å². The molecule has 0 unspecified atom stereocenters. The normalized spacial score (nSPS) is 19.3. The number of sulfone groups is 1. The third-order valence-electron chi connectivity index (χ3n) is 8.51. The van der Waals surface area contributed by atoms with Crippen LogP contribution in [0.15, 0.2) is 71.7 Å². The Morgan fingerprint density at radius 3 is 2.04 bits per heavy atom. The fraction of sp³-hybridized carbons (Fsp3) is 0.429. The van der Waals surface area contributed by atoms with E-state index in [0.717, 1.165) is 22.3 Å². The van der Waals surface area contributed by atoms with E-state index in [9.17, 15) is 13.2 Å². The van der Waals surface area contributed by atoms with E-state index in [4.69, 9.17) is 32.9 Å². The molecule has 2 atom stereocenters. The highest BCUT2D eigenvalue weighted by molar-refractivity contribution is 7.90. The summed E-state index contributed by atoms with van der Waals surface area (Å²) >= 11 is 12.6. The Hall–Kier alpha value is -3.11. The summed E-state index contributed by atoms with van der Waals surface area (Å²) in [5.74, 6) is 1.30. The zero-order valence-corrected chi connectivity index (χ0v) is 29.4. The maximum atomic E-state index is 14.8. The van der Waals surface area contributed by atoms with Crippen LogP contribution in [-0.4, -0.2) is 86.3 Å². The number of urea groups is 1. The third kappa shape index (κ3) is 7.88. The van der Waals surface area contributed by atoms with Gasteiger partial charge in [0.1, 0.15) is 27.5 Å². The molecule has 0 N–H and O–H groups in total. The molecule has 3 aromatic carbocycles. The van der Waals surface area contributed by atoms with Crippen molar-refractivity contribution in [3.8, 4) is 5.75 Å². The highest BCUT2D eigenvalue weighted by atomic mass is 35.5. The molecule has 0 aromatic heterocycles. The number of benzene rings is 3. The summed E-state index contributed by atoms with van der Waals surface area (Å²) in [6.45, 7) is 11.4. The Morgan fingerprint density at radius 2 is 1.50 bits per heavy atom. The second-order valence-electron chi connectivity index (χ2n) is 13.0. The Morgan fingerprint density at radius 1 is 0.913 bits per heavy atom. The number of amidine groups is 1. The highest BCUT2D eigenvalue weighted by Crippen LogP contribution is 2.46. The number of carbonyl (C=O) groups excluding carboxylic acids is 1. The van der Waals surface area contributed by atoms with Crippen molar-refractivity contribution in [1.82, 2.24) is 14.7 Å². The summed E-state index contributed by atoms with van der Waals surface area (Å²) in [6, 6.07) is 20.2. The van der Waals surface area contributed by atoms with Gasteiger partial charge in [-0.25, -0.2) is 13.2 Å². The van der Waals surface area contributed by atoms with Gasteiger partial charge in [0.15, 0.2) is 0 Å². The SMILES string of the molecule is CCOc1cc(C(C)(C)C)ccc1C1=N[C@@H](c2ccc(Cl)cc2)[C@@H](c2ccc(Cl)cc2)N1C(=O)N1CCN(CCS(C)(=O)=O)CC1. The number of nitrogens with zero attached hydrogens (tertiary/aromatic N) is 4. The molecule has 2 heterocycles. The summed E-state index contributed by atoms with van der Waals surface area (Å²) in [5.41, 5.74) is 3.57. The van der Waals surface area contributed by atoms with Gasteiger partial charge in [-0.15, -0.1) is 0 Å². The third-order valence-corrected chi connectivity index (χ3v) is 9.93. The molecule has 3 aromatic rings. The second kappa shape index (κ2) is 13.9. The number of aliphatic imine (C=N–C) groups is 1. The van der Waals surface area contributed by atoms with Crippen molar-refractivity contribution in [2.75, 3.05) is 51.3 Å². The average molecular weight is 686 g/mol. The highest BCUT2D eigenvalue weighted by Gasteiger charge is 2.45. The van der Waals surface area contributed by atoms with E-state index in [0.29, 0.717) is 61.0 Å². The molecule has 246 valence electrons. The van der Waals surface area contributed by atoms with Crippen molar-refractivity contribution >= 4 is 44.9 Å². The standard InChI is InChI=1S/C35H42Cl2N4O4S/c1-6-45-30-23-26(35(2,3)4)11-16-29(30)33-38-31(24-7-12-27(36)13-8-24)32(25-9-14-28(37)15-10-25)41(33)34(42)40-19-17-39(18-20-40)21-22-46(5,43)44/h7-16,23,31-32H,6,17-22H2,1-5H3/t31-,32+/m0/s1. The van der Waals surface area contributed by atoms with Gasteiger partial charge in [-0.3, -0.25) is 14.8 Å². The monoisotopic (exact) mass is 684 g/mol. The zero-order chi connectivity index (χ0) is 33.2. The van der Waals surface area contributed by atoms with Crippen molar-refractivity contribution in [3.05, 3.63) is 99.0 Å². The minimum absolute atomic E-state index is 0.0933. The van der Waals surface area contributed by atoms with Gasteiger partial charge < -0.3 is 9.64 Å². The molecule has 2 aliphatic heterocycles. The van der Waals surface area contributed by atoms with Crippen LogP contribution in [0, 0.1) is 0 Å². The molecule has 5 rings (SSSR count). The molecule has 8 nitrogen and oxygen atoms in total. The fourth-order valence-corrected chi connectivity index (χ4v) is 6.75. The Labute approximate surface area is 282 Å². The van der Waals surface area contributed by atoms with Gasteiger partial charge >= 0.3 is 6.03 Å². The van der Waals surface area contributed by atoms with Gasteiger partial charge in [-0.1, -0.05) is 74.3 Å². The first-order valence-electron chi connectivity index (χ1n) is 15.6. The number of hydrogen-bond acceptors (Lipinski definition) is 6. The first-order chi connectivity index (χ1) is 21.7. The number of halogens is 2. The van der Waals surface area contributed by atoms with Crippen LogP contribution >= 0.6 is 23.2 Å². The number of carbonyl (C=O) groups is 1. The van der Waals surface area contributed by atoms with Crippen LogP contribution in [0.3, 0.4) is 0 Å². The van der Waals surface area contributed by atoms with Crippen molar-refractivity contribution in [2.24, 2.45) is 4.99 Å². The average Bonchev–Trinajstić information content (AvgIpc) is 3.40. The summed E-state index contributed by atoms with van der Waals surface area (Å²) in [6.07, 6.45) is 1.25. The molecule has 0 bridgehead atoms. The lowest BCUT2D eigenvalue weighted by atomic mass is 9.86. The Kier molecular flexibility index (Phi) is 10.4. The Bertz CT molecular complexity index is 1680. The molecule has 0 radical (unpaired) electrons. The molecular formula is C35H42Cl2N4O4S. The van der Waals surface area contributed by atoms with Gasteiger partial charge in [0.25, 0.3) is 0 Å². The van der Waals surface area contributed by atoms with E-state index in [1.165, 1.54) is 6.26 Å². The first kappa shape index (κ1) is 34.2. The molecule has 11 heteroatoms. The molecule has 2 amide bonds. The van der Waals surface area contributed by atoms with Crippen molar-refractivity contribution in [1.29, 1.82) is 0 Å². The zero-order valence-electron chi connectivity index (χ0n) is 27.0. The van der Waals surface area contributed by atoms with Gasteiger partial charge in [0.2, 0.25) is 0 Å². The van der Waals surface area contributed by atoms with Crippen LogP contribution in [0.4, 0.5) is 4.79 Å². The Balaban J connectivity index is 1.60. The maximum Gasteiger partial charge on any atom is 0.326 e. The molecule has 1 fully saturated rings. The summed E-state index contributed by atoms with van der Waals surface area (Å²) in [4.78, 5) is 25.8. The van der Waals surface area contributed by atoms with Crippen LogP contribution in [0.1, 0.15) is 62.0 Å². The molecule has 2 aliphatic rings. The predicted molar refractivity (Wildman–Crippen MR) is 186 cm³/mol. The number of amides is 2. The van der Waals surface area contributed by atoms with Gasteiger partial charge in [-0.05, 0) is 65.4 Å². The lowest BCUT2D eigenvalue weighted by molar-refractivity contribution is 0.122. The number of hydrogen-bond donors (Lipinski definition) is 0. The number of ether oxygens (including phenoxy) is 1. The van der Waals surface area contributed by atoms with E-state index in [1.54, 1.807) is 0 Å². The summed E-state index contributed by atoms with van der Waals surface area (Å²) in [7, 11) is -3.08. The fourth-order valence-electron chi connectivity index (χ4n) is 5.91. The van der Waals surface area contributed by atoms with E-state index in [-0.39, 0.29) is 17.2 Å². The molecule has 1 saturated heterocycles.